The fraction of sp³-hybridized carbons (Fsp3) is 0.400. The van der Waals surface area contributed by atoms with Gasteiger partial charge < -0.3 is 4.74 Å². The Kier molecular flexibility index (Phi) is 3.02. The van der Waals surface area contributed by atoms with E-state index in [4.69, 9.17) is 0 Å². The Hall–Kier alpha value is -0.790. The van der Waals surface area contributed by atoms with Gasteiger partial charge >= 0.3 is 5.97 Å². The van der Waals surface area contributed by atoms with E-state index in [9.17, 15) is 4.79 Å². The molecule has 0 aromatic rings. The van der Waals surface area contributed by atoms with Gasteiger partial charge in [0.1, 0.15) is 0 Å². The van der Waals surface area contributed by atoms with Crippen LogP contribution in [0.1, 0.15) is 6.92 Å². The third kappa shape index (κ3) is 3.03. The minimum Gasteiger partial charge on any atom is -0.466 e. The Bertz CT molecular complexity index is 84.1. The lowest BCUT2D eigenvalue weighted by molar-refractivity contribution is -0.134. The molecule has 0 aliphatic carbocycles. The maximum absolute atomic E-state index is 10.1. The van der Waals surface area contributed by atoms with Gasteiger partial charge in [-0.15, -0.1) is 0 Å². The van der Waals surface area contributed by atoms with Gasteiger partial charge in [0.05, 0.1) is 7.11 Å². The summed E-state index contributed by atoms with van der Waals surface area (Å²) < 4.78 is 4.26. The van der Waals surface area contributed by atoms with E-state index < -0.39 is 0 Å². The van der Waals surface area contributed by atoms with E-state index in [0.29, 0.717) is 0 Å². The van der Waals surface area contributed by atoms with Crippen molar-refractivity contribution >= 4 is 5.97 Å². The first-order valence-corrected chi connectivity index (χ1v) is 2.02. The summed E-state index contributed by atoms with van der Waals surface area (Å²) in [5.74, 6) is -0.303. The first-order valence-electron chi connectivity index (χ1n) is 2.02. The smallest absolute Gasteiger partial charge is 0.330 e. The third-order valence-electron chi connectivity index (χ3n) is 0.504. The zero-order chi connectivity index (χ0) is 5.70. The van der Waals surface area contributed by atoms with E-state index in [-0.39, 0.29) is 5.97 Å². The Morgan fingerprint density at radius 1 is 1.71 bits per heavy atom. The number of hydrogen-bond donors (Lipinski definition) is 0. The fourth-order valence-electron chi connectivity index (χ4n) is 0.204. The van der Waals surface area contributed by atoms with E-state index in [1.165, 1.54) is 13.2 Å². The average Bonchev–Trinajstić information content (AvgIpc) is 1.68. The number of carbonyl (C=O) groups is 1. The molecule has 0 N–H and O–H groups in total. The lowest BCUT2D eigenvalue weighted by Gasteiger charge is -1.84. The second-order valence-electron chi connectivity index (χ2n) is 1.02. The van der Waals surface area contributed by atoms with Crippen molar-refractivity contribution < 1.29 is 9.53 Å². The molecule has 0 saturated heterocycles. The van der Waals surface area contributed by atoms with Crippen molar-refractivity contribution in [2.24, 2.45) is 0 Å². The van der Waals surface area contributed by atoms with Crippen LogP contribution in [0.15, 0.2) is 12.2 Å². The van der Waals surface area contributed by atoms with Crippen LogP contribution >= 0.6 is 0 Å². The van der Waals surface area contributed by atoms with Crippen molar-refractivity contribution in [2.75, 3.05) is 7.11 Å². The number of hydrogen-bond acceptors (Lipinski definition) is 2. The van der Waals surface area contributed by atoms with Gasteiger partial charge in [-0.05, 0) is 6.92 Å². The zero-order valence-electron chi connectivity index (χ0n) is 4.47. The SMILES string of the molecule is CC=CC(=O)OC. The van der Waals surface area contributed by atoms with Crippen LogP contribution in [0.2, 0.25) is 0 Å². The lowest BCUT2D eigenvalue weighted by atomic mass is 10.5. The predicted molar refractivity (Wildman–Crippen MR) is 26.8 cm³/mol. The van der Waals surface area contributed by atoms with Crippen LogP contribution in [0.3, 0.4) is 0 Å². The van der Waals surface area contributed by atoms with Gasteiger partial charge in [-0.3, -0.25) is 0 Å². The molecule has 0 heterocycles. The summed E-state index contributed by atoms with van der Waals surface area (Å²) in [4.78, 5) is 10.1. The van der Waals surface area contributed by atoms with Gasteiger partial charge in [0.2, 0.25) is 0 Å². The first-order chi connectivity index (χ1) is 3.31. The second-order valence-corrected chi connectivity index (χ2v) is 1.02. The Morgan fingerprint density at radius 2 is 2.29 bits per heavy atom. The molecule has 0 bridgehead atoms. The largest absolute Gasteiger partial charge is 0.466 e. The molecule has 2 heteroatoms. The molecule has 0 saturated carbocycles. The van der Waals surface area contributed by atoms with Gasteiger partial charge in [0, 0.05) is 6.08 Å². The third-order valence-corrected chi connectivity index (χ3v) is 0.504. The van der Waals surface area contributed by atoms with Gasteiger partial charge in [0.25, 0.3) is 0 Å². The van der Waals surface area contributed by atoms with E-state index in [2.05, 4.69) is 4.74 Å². The summed E-state index contributed by atoms with van der Waals surface area (Å²) in [5.41, 5.74) is 0. The lowest BCUT2D eigenvalue weighted by Crippen LogP contribution is -1.92. The van der Waals surface area contributed by atoms with Gasteiger partial charge in [-0.25, -0.2) is 4.79 Å². The van der Waals surface area contributed by atoms with Crippen molar-refractivity contribution in [1.82, 2.24) is 0 Å². The Balaban J connectivity index is 3.37. The maximum Gasteiger partial charge on any atom is 0.330 e. The number of methoxy groups -OCH3 is 1. The first kappa shape index (κ1) is 6.21. The van der Waals surface area contributed by atoms with Crippen LogP contribution in [0.4, 0.5) is 0 Å². The molecule has 0 atom stereocenters. The second kappa shape index (κ2) is 3.40. The molecule has 0 aromatic heterocycles. The number of allylic oxidation sites excluding steroid dienone is 1. The molecule has 0 radical (unpaired) electrons. The molecule has 0 aromatic carbocycles. The summed E-state index contributed by atoms with van der Waals surface area (Å²) in [6.45, 7) is 1.76. The average molecular weight is 100 g/mol. The van der Waals surface area contributed by atoms with Crippen LogP contribution in [0.25, 0.3) is 0 Å². The van der Waals surface area contributed by atoms with Crippen LogP contribution in [-0.4, -0.2) is 13.1 Å². The van der Waals surface area contributed by atoms with Crippen LogP contribution in [0.5, 0.6) is 0 Å². The van der Waals surface area contributed by atoms with Crippen LogP contribution < -0.4 is 0 Å². The van der Waals surface area contributed by atoms with Crippen molar-refractivity contribution in [3.63, 3.8) is 0 Å². The van der Waals surface area contributed by atoms with E-state index >= 15 is 0 Å². The minimum atomic E-state index is -0.303. The van der Waals surface area contributed by atoms with Gasteiger partial charge in [-0.1, -0.05) is 6.08 Å². The highest BCUT2D eigenvalue weighted by molar-refractivity contribution is 5.81. The molecule has 0 amide bonds. The number of ether oxygens (including phenoxy) is 1. The zero-order valence-corrected chi connectivity index (χ0v) is 4.47. The van der Waals surface area contributed by atoms with Crippen molar-refractivity contribution in [3.05, 3.63) is 12.2 Å². The monoisotopic (exact) mass is 100 g/mol. The standard InChI is InChI=1S/C5H8O2/c1-3-4-5(6)7-2/h3-4H,1-2H3. The molecule has 40 valence electrons. The van der Waals surface area contributed by atoms with Crippen LogP contribution in [-0.2, 0) is 9.53 Å². The molecular formula is C5H8O2. The number of esters is 1. The quantitative estimate of drug-likeness (QED) is 0.359. The number of carbonyl (C=O) groups excluding carboxylic acids is 1. The highest BCUT2D eigenvalue weighted by atomic mass is 16.5. The molecule has 0 aliphatic heterocycles. The summed E-state index contributed by atoms with van der Waals surface area (Å²) >= 11 is 0. The molecule has 7 heavy (non-hydrogen) atoms. The molecule has 0 aliphatic rings. The molecule has 0 spiro atoms. The maximum atomic E-state index is 10.1. The summed E-state index contributed by atoms with van der Waals surface area (Å²) in [6.07, 6.45) is 2.99. The predicted octanol–water partition coefficient (Wildman–Crippen LogP) is 0.736. The summed E-state index contributed by atoms with van der Waals surface area (Å²) in [6, 6.07) is 0. The van der Waals surface area contributed by atoms with E-state index in [0.717, 1.165) is 0 Å². The molecule has 0 rings (SSSR count). The highest BCUT2D eigenvalue weighted by Crippen LogP contribution is 1.73. The molecule has 2 nitrogen and oxygen atoms in total. The Labute approximate surface area is 42.8 Å². The fourth-order valence-corrected chi connectivity index (χ4v) is 0.204. The molecule has 0 fully saturated rings. The van der Waals surface area contributed by atoms with Crippen molar-refractivity contribution in [2.45, 2.75) is 6.92 Å². The van der Waals surface area contributed by atoms with E-state index in [1.54, 1.807) is 13.0 Å². The van der Waals surface area contributed by atoms with Gasteiger partial charge in [0.15, 0.2) is 0 Å². The molecular weight excluding hydrogens is 92.1 g/mol. The molecule has 0 unspecified atom stereocenters. The number of rotatable bonds is 1. The van der Waals surface area contributed by atoms with E-state index in [1.807, 2.05) is 0 Å². The summed E-state index contributed by atoms with van der Waals surface area (Å²) in [5, 5.41) is 0. The summed E-state index contributed by atoms with van der Waals surface area (Å²) in [7, 11) is 1.35. The van der Waals surface area contributed by atoms with Gasteiger partial charge in [-0.2, -0.15) is 0 Å². The van der Waals surface area contributed by atoms with Crippen molar-refractivity contribution in [1.29, 1.82) is 0 Å². The highest BCUT2D eigenvalue weighted by Gasteiger charge is 1.84. The minimum absolute atomic E-state index is 0.303. The Morgan fingerprint density at radius 3 is 2.43 bits per heavy atom. The topological polar surface area (TPSA) is 26.3 Å². The normalized spacial score (nSPS) is 9.43. The van der Waals surface area contributed by atoms with Crippen LogP contribution in [0, 0.1) is 0 Å². The van der Waals surface area contributed by atoms with Crippen molar-refractivity contribution in [3.8, 4) is 0 Å².